The van der Waals surface area contributed by atoms with E-state index in [1.165, 1.54) is 7.11 Å². The Labute approximate surface area is 159 Å². The summed E-state index contributed by atoms with van der Waals surface area (Å²) in [5, 5.41) is 6.17. The standard InChI is InChI=1S/C16H24N4O3.HI/c1-17-16(18-10-9-14(21)23-4)19-11-12-5-7-13(8-6-12)15(22)20(2)3;/h5-8H,9-11H2,1-4H3,(H2,17,18,19);1H. The van der Waals surface area contributed by atoms with Gasteiger partial charge in [-0.3, -0.25) is 14.6 Å². The molecule has 0 bridgehead atoms. The highest BCUT2D eigenvalue weighted by Gasteiger charge is 2.07. The number of nitrogens with one attached hydrogen (secondary N) is 2. The Morgan fingerprint density at radius 1 is 1.17 bits per heavy atom. The lowest BCUT2D eigenvalue weighted by Crippen LogP contribution is -2.37. The SMILES string of the molecule is CN=C(NCCC(=O)OC)NCc1ccc(C(=O)N(C)C)cc1.I. The second kappa shape index (κ2) is 11.7. The van der Waals surface area contributed by atoms with Crippen LogP contribution in [0.1, 0.15) is 22.3 Å². The minimum Gasteiger partial charge on any atom is -0.469 e. The largest absolute Gasteiger partial charge is 0.469 e. The van der Waals surface area contributed by atoms with Crippen molar-refractivity contribution < 1.29 is 14.3 Å². The van der Waals surface area contributed by atoms with Crippen LogP contribution in [0.15, 0.2) is 29.3 Å². The summed E-state index contributed by atoms with van der Waals surface area (Å²) in [7, 11) is 6.47. The number of rotatable bonds is 6. The van der Waals surface area contributed by atoms with Gasteiger partial charge in [-0.15, -0.1) is 24.0 Å². The predicted octanol–water partition coefficient (Wildman–Crippen LogP) is 1.23. The van der Waals surface area contributed by atoms with Crippen LogP contribution < -0.4 is 10.6 Å². The lowest BCUT2D eigenvalue weighted by molar-refractivity contribution is -0.140. The average molecular weight is 448 g/mol. The first-order valence-electron chi connectivity index (χ1n) is 7.30. The zero-order valence-corrected chi connectivity index (χ0v) is 16.8. The highest BCUT2D eigenvalue weighted by Crippen LogP contribution is 2.06. The number of esters is 1. The van der Waals surface area contributed by atoms with Crippen LogP contribution in [-0.4, -0.2) is 57.5 Å². The smallest absolute Gasteiger partial charge is 0.307 e. The summed E-state index contributed by atoms with van der Waals surface area (Å²) in [6, 6.07) is 7.39. The fraction of sp³-hybridized carbons (Fsp3) is 0.438. The topological polar surface area (TPSA) is 83.0 Å². The Kier molecular flexibility index (Phi) is 10.8. The normalized spacial score (nSPS) is 10.4. The van der Waals surface area contributed by atoms with Crippen molar-refractivity contribution in [1.29, 1.82) is 0 Å². The molecule has 0 spiro atoms. The minimum absolute atomic E-state index is 0. The summed E-state index contributed by atoms with van der Waals surface area (Å²) in [4.78, 5) is 28.5. The van der Waals surface area contributed by atoms with Gasteiger partial charge < -0.3 is 20.3 Å². The molecule has 8 heteroatoms. The van der Waals surface area contributed by atoms with E-state index in [0.29, 0.717) is 24.6 Å². The number of nitrogens with zero attached hydrogens (tertiary/aromatic N) is 2. The van der Waals surface area contributed by atoms with Crippen molar-refractivity contribution in [1.82, 2.24) is 15.5 Å². The van der Waals surface area contributed by atoms with Gasteiger partial charge in [0.2, 0.25) is 0 Å². The number of benzene rings is 1. The van der Waals surface area contributed by atoms with E-state index in [9.17, 15) is 9.59 Å². The fourth-order valence-electron chi connectivity index (χ4n) is 1.81. The number of methoxy groups -OCH3 is 1. The first-order valence-corrected chi connectivity index (χ1v) is 7.30. The number of hydrogen-bond donors (Lipinski definition) is 2. The van der Waals surface area contributed by atoms with E-state index in [-0.39, 0.29) is 42.3 Å². The Morgan fingerprint density at radius 3 is 2.29 bits per heavy atom. The van der Waals surface area contributed by atoms with E-state index >= 15 is 0 Å². The van der Waals surface area contributed by atoms with Crippen molar-refractivity contribution >= 4 is 41.8 Å². The molecule has 1 amide bonds. The van der Waals surface area contributed by atoms with Crippen LogP contribution in [0.2, 0.25) is 0 Å². The number of halogens is 1. The van der Waals surface area contributed by atoms with E-state index in [1.807, 2.05) is 12.1 Å². The molecule has 0 saturated heterocycles. The molecule has 0 aromatic heterocycles. The molecule has 0 aliphatic rings. The molecule has 1 aromatic rings. The number of aliphatic imine (C=N–C) groups is 1. The van der Waals surface area contributed by atoms with E-state index in [2.05, 4.69) is 20.4 Å². The van der Waals surface area contributed by atoms with E-state index < -0.39 is 0 Å². The summed E-state index contributed by atoms with van der Waals surface area (Å²) in [5.74, 6) is 0.307. The maximum atomic E-state index is 11.8. The second-order valence-electron chi connectivity index (χ2n) is 5.08. The van der Waals surface area contributed by atoms with Crippen LogP contribution in [0.5, 0.6) is 0 Å². The Hall–Kier alpha value is -1.84. The predicted molar refractivity (Wildman–Crippen MR) is 105 cm³/mol. The summed E-state index contributed by atoms with van der Waals surface area (Å²) in [5.41, 5.74) is 1.68. The molecule has 1 aromatic carbocycles. The van der Waals surface area contributed by atoms with E-state index in [1.54, 1.807) is 38.2 Å². The monoisotopic (exact) mass is 448 g/mol. The molecule has 0 atom stereocenters. The number of carbonyl (C=O) groups excluding carboxylic acids is 2. The van der Waals surface area contributed by atoms with Gasteiger partial charge in [0.25, 0.3) is 5.91 Å². The maximum absolute atomic E-state index is 11.8. The van der Waals surface area contributed by atoms with Gasteiger partial charge >= 0.3 is 5.97 Å². The Bertz CT molecular complexity index is 559. The fourth-order valence-corrected chi connectivity index (χ4v) is 1.81. The van der Waals surface area contributed by atoms with Crippen LogP contribution in [-0.2, 0) is 16.1 Å². The minimum atomic E-state index is -0.269. The number of amides is 1. The highest BCUT2D eigenvalue weighted by molar-refractivity contribution is 14.0. The molecule has 0 heterocycles. The molecule has 24 heavy (non-hydrogen) atoms. The van der Waals surface area contributed by atoms with E-state index in [0.717, 1.165) is 5.56 Å². The van der Waals surface area contributed by atoms with Crippen LogP contribution >= 0.6 is 24.0 Å². The van der Waals surface area contributed by atoms with Crippen molar-refractivity contribution in [3.8, 4) is 0 Å². The first-order chi connectivity index (χ1) is 11.0. The number of carbonyl (C=O) groups is 2. The lowest BCUT2D eigenvalue weighted by Gasteiger charge is -2.13. The zero-order chi connectivity index (χ0) is 17.2. The van der Waals surface area contributed by atoms with Gasteiger partial charge in [-0.25, -0.2) is 0 Å². The van der Waals surface area contributed by atoms with Crippen LogP contribution in [0.25, 0.3) is 0 Å². The molecule has 0 aliphatic carbocycles. The number of ether oxygens (including phenoxy) is 1. The average Bonchev–Trinajstić information content (AvgIpc) is 2.57. The molecule has 134 valence electrons. The Balaban J connectivity index is 0.00000529. The molecule has 2 N–H and O–H groups in total. The molecule has 1 rings (SSSR count). The van der Waals surface area contributed by atoms with Crippen LogP contribution in [0.4, 0.5) is 0 Å². The zero-order valence-electron chi connectivity index (χ0n) is 14.5. The summed E-state index contributed by atoms with van der Waals surface area (Å²) >= 11 is 0. The van der Waals surface area contributed by atoms with Crippen molar-refractivity contribution in [2.24, 2.45) is 4.99 Å². The first kappa shape index (κ1) is 22.2. The van der Waals surface area contributed by atoms with Gasteiger partial charge in [0, 0.05) is 39.8 Å². The third-order valence-corrected chi connectivity index (χ3v) is 3.14. The lowest BCUT2D eigenvalue weighted by atomic mass is 10.1. The number of hydrogen-bond acceptors (Lipinski definition) is 4. The third kappa shape index (κ3) is 7.62. The molecule has 0 aliphatic heterocycles. The molecule has 0 unspecified atom stereocenters. The van der Waals surface area contributed by atoms with Crippen molar-refractivity contribution in [3.63, 3.8) is 0 Å². The molecule has 7 nitrogen and oxygen atoms in total. The van der Waals surface area contributed by atoms with Gasteiger partial charge in [-0.05, 0) is 17.7 Å². The summed E-state index contributed by atoms with van der Waals surface area (Å²) in [6.45, 7) is 1.01. The van der Waals surface area contributed by atoms with Gasteiger partial charge in [-0.1, -0.05) is 12.1 Å². The maximum Gasteiger partial charge on any atom is 0.307 e. The third-order valence-electron chi connectivity index (χ3n) is 3.14. The van der Waals surface area contributed by atoms with Gasteiger partial charge in [0.15, 0.2) is 5.96 Å². The highest BCUT2D eigenvalue weighted by atomic mass is 127. The van der Waals surface area contributed by atoms with E-state index in [4.69, 9.17) is 0 Å². The van der Waals surface area contributed by atoms with Crippen molar-refractivity contribution in [2.75, 3.05) is 34.8 Å². The van der Waals surface area contributed by atoms with Crippen LogP contribution in [0, 0.1) is 0 Å². The molecule has 0 saturated carbocycles. The number of guanidine groups is 1. The van der Waals surface area contributed by atoms with Crippen molar-refractivity contribution in [3.05, 3.63) is 35.4 Å². The van der Waals surface area contributed by atoms with Gasteiger partial charge in [0.1, 0.15) is 0 Å². The molecule has 0 fully saturated rings. The summed E-state index contributed by atoms with van der Waals surface area (Å²) in [6.07, 6.45) is 0.276. The Morgan fingerprint density at radius 2 is 1.79 bits per heavy atom. The quantitative estimate of drug-likeness (QED) is 0.296. The van der Waals surface area contributed by atoms with Gasteiger partial charge in [0.05, 0.1) is 13.5 Å². The summed E-state index contributed by atoms with van der Waals surface area (Å²) < 4.78 is 4.57. The molecular formula is C16H25IN4O3. The molecule has 0 radical (unpaired) electrons. The second-order valence-corrected chi connectivity index (χ2v) is 5.08. The van der Waals surface area contributed by atoms with Crippen LogP contribution in [0.3, 0.4) is 0 Å². The van der Waals surface area contributed by atoms with Gasteiger partial charge in [-0.2, -0.15) is 0 Å². The molecular weight excluding hydrogens is 423 g/mol. The van der Waals surface area contributed by atoms with Crippen molar-refractivity contribution in [2.45, 2.75) is 13.0 Å².